The number of hydrogen-bond donors (Lipinski definition) is 2. The molecule has 1 atom stereocenters. The summed E-state index contributed by atoms with van der Waals surface area (Å²) in [4.78, 5) is 11.2. The average Bonchev–Trinajstić information content (AvgIpc) is 1.95. The van der Waals surface area contributed by atoms with Crippen LogP contribution in [-0.2, 0) is 4.79 Å². The minimum Gasteiger partial charge on any atom is -0.394 e. The standard InChI is InChI=1S/C8H14F3NO2/c1-7(2,3)6(14)12-5(4-13)8(9,10)11/h5,13H,4H2,1-3H3,(H,12,14)/t5-/m1/s1. The maximum absolute atomic E-state index is 12.1. The first-order chi connectivity index (χ1) is 6.09. The van der Waals surface area contributed by atoms with E-state index in [2.05, 4.69) is 0 Å². The number of rotatable bonds is 2. The first-order valence-corrected chi connectivity index (χ1v) is 4.07. The summed E-state index contributed by atoms with van der Waals surface area (Å²) >= 11 is 0. The molecule has 0 fully saturated rings. The number of aliphatic hydroxyl groups is 1. The van der Waals surface area contributed by atoms with Gasteiger partial charge in [-0.2, -0.15) is 13.2 Å². The number of alkyl halides is 3. The average molecular weight is 213 g/mol. The Morgan fingerprint density at radius 3 is 2.00 bits per heavy atom. The Kier molecular flexibility index (Phi) is 3.93. The van der Waals surface area contributed by atoms with Gasteiger partial charge in [0.25, 0.3) is 0 Å². The van der Waals surface area contributed by atoms with E-state index in [1.54, 1.807) is 5.32 Å². The number of hydrogen-bond acceptors (Lipinski definition) is 2. The molecule has 6 heteroatoms. The Labute approximate surface area is 80.3 Å². The molecule has 0 aromatic rings. The van der Waals surface area contributed by atoms with E-state index in [1.807, 2.05) is 0 Å². The first-order valence-electron chi connectivity index (χ1n) is 4.07. The summed E-state index contributed by atoms with van der Waals surface area (Å²) in [5.41, 5.74) is -0.904. The first kappa shape index (κ1) is 13.2. The molecule has 0 bridgehead atoms. The van der Waals surface area contributed by atoms with Gasteiger partial charge >= 0.3 is 6.18 Å². The largest absolute Gasteiger partial charge is 0.410 e. The maximum atomic E-state index is 12.1. The van der Waals surface area contributed by atoms with Crippen LogP contribution < -0.4 is 5.32 Å². The minimum atomic E-state index is -4.62. The van der Waals surface area contributed by atoms with Crippen molar-refractivity contribution in [3.63, 3.8) is 0 Å². The third-order valence-electron chi connectivity index (χ3n) is 1.56. The quantitative estimate of drug-likeness (QED) is 0.720. The molecule has 2 N–H and O–H groups in total. The Hall–Kier alpha value is -0.780. The summed E-state index contributed by atoms with van der Waals surface area (Å²) in [6, 6.07) is -2.19. The van der Waals surface area contributed by atoms with Gasteiger partial charge in [0.05, 0.1) is 6.61 Å². The van der Waals surface area contributed by atoms with Crippen molar-refractivity contribution in [3.05, 3.63) is 0 Å². The van der Waals surface area contributed by atoms with Gasteiger partial charge in [0.15, 0.2) is 0 Å². The van der Waals surface area contributed by atoms with Crippen LogP contribution in [0.25, 0.3) is 0 Å². The molecule has 3 nitrogen and oxygen atoms in total. The Balaban J connectivity index is 4.43. The van der Waals surface area contributed by atoms with Crippen LogP contribution in [0.2, 0.25) is 0 Å². The van der Waals surface area contributed by atoms with Gasteiger partial charge in [0.2, 0.25) is 5.91 Å². The van der Waals surface area contributed by atoms with Crippen molar-refractivity contribution in [1.29, 1.82) is 0 Å². The molecule has 84 valence electrons. The van der Waals surface area contributed by atoms with Gasteiger partial charge in [-0.3, -0.25) is 4.79 Å². The highest BCUT2D eigenvalue weighted by Crippen LogP contribution is 2.21. The molecule has 14 heavy (non-hydrogen) atoms. The van der Waals surface area contributed by atoms with Gasteiger partial charge in [-0.15, -0.1) is 0 Å². The number of carbonyl (C=O) groups is 1. The fourth-order valence-electron chi connectivity index (χ4n) is 0.606. The van der Waals surface area contributed by atoms with Crippen LogP contribution in [0, 0.1) is 5.41 Å². The zero-order chi connectivity index (χ0) is 11.6. The Morgan fingerprint density at radius 2 is 1.79 bits per heavy atom. The monoisotopic (exact) mass is 213 g/mol. The van der Waals surface area contributed by atoms with E-state index >= 15 is 0 Å². The van der Waals surface area contributed by atoms with Crippen LogP contribution in [0.4, 0.5) is 13.2 Å². The zero-order valence-electron chi connectivity index (χ0n) is 8.27. The van der Waals surface area contributed by atoms with E-state index in [1.165, 1.54) is 20.8 Å². The molecular formula is C8H14F3NO2. The van der Waals surface area contributed by atoms with Crippen molar-refractivity contribution < 1.29 is 23.1 Å². The highest BCUT2D eigenvalue weighted by molar-refractivity contribution is 5.81. The second-order valence-corrected chi connectivity index (χ2v) is 4.00. The lowest BCUT2D eigenvalue weighted by atomic mass is 9.95. The van der Waals surface area contributed by atoms with E-state index in [9.17, 15) is 18.0 Å². The molecule has 0 aliphatic heterocycles. The number of aliphatic hydroxyl groups excluding tert-OH is 1. The molecule has 0 saturated carbocycles. The van der Waals surface area contributed by atoms with Crippen molar-refractivity contribution in [2.75, 3.05) is 6.61 Å². The van der Waals surface area contributed by atoms with Crippen molar-refractivity contribution in [2.24, 2.45) is 5.41 Å². The number of halogens is 3. The molecule has 0 aromatic heterocycles. The smallest absolute Gasteiger partial charge is 0.394 e. The van der Waals surface area contributed by atoms with Gasteiger partial charge in [-0.1, -0.05) is 20.8 Å². The van der Waals surface area contributed by atoms with E-state index in [0.717, 1.165) is 0 Å². The van der Waals surface area contributed by atoms with Crippen molar-refractivity contribution in [2.45, 2.75) is 33.0 Å². The summed E-state index contributed by atoms with van der Waals surface area (Å²) in [5.74, 6) is -0.742. The normalized spacial score (nSPS) is 15.1. The van der Waals surface area contributed by atoms with Gasteiger partial charge in [0, 0.05) is 5.41 Å². The van der Waals surface area contributed by atoms with Crippen molar-refractivity contribution in [3.8, 4) is 0 Å². The summed E-state index contributed by atoms with van der Waals surface area (Å²) in [5, 5.41) is 10.2. The molecule has 0 radical (unpaired) electrons. The van der Waals surface area contributed by atoms with Crippen molar-refractivity contribution >= 4 is 5.91 Å². The molecule has 0 aliphatic carbocycles. The lowest BCUT2D eigenvalue weighted by Gasteiger charge is -2.24. The van der Waals surface area contributed by atoms with Crippen LogP contribution in [0.3, 0.4) is 0 Å². The van der Waals surface area contributed by atoms with E-state index < -0.39 is 30.1 Å². The molecular weight excluding hydrogens is 199 g/mol. The lowest BCUT2D eigenvalue weighted by molar-refractivity contribution is -0.170. The summed E-state index contributed by atoms with van der Waals surface area (Å²) in [6.45, 7) is 3.33. The molecule has 0 aromatic carbocycles. The number of amides is 1. The Morgan fingerprint density at radius 1 is 1.36 bits per heavy atom. The van der Waals surface area contributed by atoms with Crippen molar-refractivity contribution in [1.82, 2.24) is 5.32 Å². The fraction of sp³-hybridized carbons (Fsp3) is 0.875. The molecule has 0 unspecified atom stereocenters. The number of carbonyl (C=O) groups excluding carboxylic acids is 1. The number of nitrogens with one attached hydrogen (secondary N) is 1. The second kappa shape index (κ2) is 4.16. The van der Waals surface area contributed by atoms with Crippen LogP contribution in [0.1, 0.15) is 20.8 Å². The van der Waals surface area contributed by atoms with Crippen LogP contribution in [-0.4, -0.2) is 29.8 Å². The van der Waals surface area contributed by atoms with Crippen LogP contribution in [0.5, 0.6) is 0 Å². The van der Waals surface area contributed by atoms with Gasteiger partial charge in [-0.05, 0) is 0 Å². The fourth-order valence-corrected chi connectivity index (χ4v) is 0.606. The topological polar surface area (TPSA) is 49.3 Å². The molecule has 0 aliphatic rings. The van der Waals surface area contributed by atoms with Gasteiger partial charge < -0.3 is 10.4 Å². The molecule has 0 spiro atoms. The minimum absolute atomic E-state index is 0.742. The predicted molar refractivity (Wildman–Crippen MR) is 44.5 cm³/mol. The Bertz CT molecular complexity index is 208. The van der Waals surface area contributed by atoms with E-state index in [0.29, 0.717) is 0 Å². The third-order valence-corrected chi connectivity index (χ3v) is 1.56. The van der Waals surface area contributed by atoms with Gasteiger partial charge in [-0.25, -0.2) is 0 Å². The summed E-state index contributed by atoms with van der Waals surface area (Å²) in [6.07, 6.45) is -4.62. The molecule has 0 rings (SSSR count). The summed E-state index contributed by atoms with van der Waals surface area (Å²) in [7, 11) is 0. The van der Waals surface area contributed by atoms with Crippen LogP contribution >= 0.6 is 0 Å². The lowest BCUT2D eigenvalue weighted by Crippen LogP contribution is -2.51. The zero-order valence-corrected chi connectivity index (χ0v) is 8.27. The second-order valence-electron chi connectivity index (χ2n) is 4.00. The van der Waals surface area contributed by atoms with Gasteiger partial charge in [0.1, 0.15) is 6.04 Å². The third kappa shape index (κ3) is 3.95. The highest BCUT2D eigenvalue weighted by atomic mass is 19.4. The summed E-state index contributed by atoms with van der Waals surface area (Å²) < 4.78 is 36.3. The molecule has 0 saturated heterocycles. The highest BCUT2D eigenvalue weighted by Gasteiger charge is 2.41. The molecule has 0 heterocycles. The van der Waals surface area contributed by atoms with Crippen LogP contribution in [0.15, 0.2) is 0 Å². The van der Waals surface area contributed by atoms with E-state index in [-0.39, 0.29) is 0 Å². The maximum Gasteiger partial charge on any atom is 0.410 e. The van der Waals surface area contributed by atoms with E-state index in [4.69, 9.17) is 5.11 Å². The molecule has 1 amide bonds. The predicted octanol–water partition coefficient (Wildman–Crippen LogP) is 1.07. The SMILES string of the molecule is CC(C)(C)C(=O)N[C@H](CO)C(F)(F)F.